The van der Waals surface area contributed by atoms with Gasteiger partial charge in [0.2, 0.25) is 0 Å². The van der Waals surface area contributed by atoms with Gasteiger partial charge in [0.05, 0.1) is 6.26 Å². The fraction of sp³-hybridized carbons (Fsp3) is 0. The monoisotopic (exact) mass is 122 g/mol. The smallest absolute Gasteiger partial charge is 0.146 e. The van der Waals surface area contributed by atoms with Crippen molar-refractivity contribution in [2.24, 2.45) is 0 Å². The highest BCUT2D eigenvalue weighted by atomic mass is 16.5. The normalized spacial score (nSPS) is 19.8. The minimum Gasteiger partial charge on any atom is -0.465 e. The second-order valence-electron chi connectivity index (χ2n) is 1.51. The first-order valence-corrected chi connectivity index (χ1v) is 2.59. The first kappa shape index (κ1) is 5.82. The van der Waals surface area contributed by atoms with Crippen molar-refractivity contribution in [3.05, 3.63) is 36.3 Å². The molecule has 2 heteroatoms. The van der Waals surface area contributed by atoms with E-state index in [1.54, 1.807) is 18.2 Å². The highest BCUT2D eigenvalue weighted by molar-refractivity contribution is 5.66. The van der Waals surface area contributed by atoms with Gasteiger partial charge in [0.1, 0.15) is 12.0 Å². The van der Waals surface area contributed by atoms with E-state index < -0.39 is 0 Å². The van der Waals surface area contributed by atoms with Crippen LogP contribution in [-0.2, 0) is 9.53 Å². The molecule has 1 rings (SSSR count). The molecule has 0 unspecified atom stereocenters. The molecule has 1 aliphatic rings. The fourth-order valence-corrected chi connectivity index (χ4v) is 0.515. The topological polar surface area (TPSA) is 26.3 Å². The molecule has 0 atom stereocenters. The van der Waals surface area contributed by atoms with Gasteiger partial charge in [-0.3, -0.25) is 4.79 Å². The predicted octanol–water partition coefficient (Wildman–Crippen LogP) is 1.17. The standard InChI is InChI=1S/C7H6O2/c8-5-4-7-3-1-2-6-9-7/h1-6H. The lowest BCUT2D eigenvalue weighted by atomic mass is 10.3. The molecule has 0 fully saturated rings. The van der Waals surface area contributed by atoms with E-state index in [2.05, 4.69) is 0 Å². The number of hydrogen-bond acceptors (Lipinski definition) is 2. The third kappa shape index (κ3) is 1.57. The minimum atomic E-state index is 0.576. The Morgan fingerprint density at radius 2 is 2.33 bits per heavy atom. The Labute approximate surface area is 53.1 Å². The van der Waals surface area contributed by atoms with E-state index in [-0.39, 0.29) is 0 Å². The number of rotatable bonds is 1. The second kappa shape index (κ2) is 2.87. The molecule has 0 N–H and O–H groups in total. The average Bonchev–Trinajstić information content (AvgIpc) is 1.91. The summed E-state index contributed by atoms with van der Waals surface area (Å²) in [5.41, 5.74) is 0. The minimum absolute atomic E-state index is 0.576. The van der Waals surface area contributed by atoms with Crippen molar-refractivity contribution in [1.29, 1.82) is 0 Å². The molecule has 46 valence electrons. The number of aldehydes is 1. The van der Waals surface area contributed by atoms with Crippen molar-refractivity contribution in [2.75, 3.05) is 0 Å². The van der Waals surface area contributed by atoms with Crippen LogP contribution in [0.15, 0.2) is 36.3 Å². The summed E-state index contributed by atoms with van der Waals surface area (Å²) in [5.74, 6) is 0.576. The summed E-state index contributed by atoms with van der Waals surface area (Å²) in [6.45, 7) is 0. The van der Waals surface area contributed by atoms with E-state index in [0.717, 1.165) is 0 Å². The molecule has 0 bridgehead atoms. The summed E-state index contributed by atoms with van der Waals surface area (Å²) in [5, 5.41) is 0. The van der Waals surface area contributed by atoms with E-state index in [1.165, 1.54) is 12.3 Å². The molecule has 0 amide bonds. The zero-order valence-corrected chi connectivity index (χ0v) is 4.78. The second-order valence-corrected chi connectivity index (χ2v) is 1.51. The Bertz CT molecular complexity index is 187. The zero-order chi connectivity index (χ0) is 6.53. The molecule has 0 spiro atoms. The van der Waals surface area contributed by atoms with Gasteiger partial charge in [-0.2, -0.15) is 0 Å². The summed E-state index contributed by atoms with van der Waals surface area (Å²) in [6, 6.07) is 0. The van der Waals surface area contributed by atoms with E-state index >= 15 is 0 Å². The van der Waals surface area contributed by atoms with Crippen LogP contribution in [0.25, 0.3) is 0 Å². The maximum atomic E-state index is 9.86. The SMILES string of the molecule is O=CC=C1C=CC=CO1. The summed E-state index contributed by atoms with van der Waals surface area (Å²) in [6.07, 6.45) is 8.85. The molecule has 9 heavy (non-hydrogen) atoms. The lowest BCUT2D eigenvalue weighted by Gasteiger charge is -2.00. The van der Waals surface area contributed by atoms with Gasteiger partial charge in [-0.1, -0.05) is 6.08 Å². The number of allylic oxidation sites excluding steroid dienone is 4. The average molecular weight is 122 g/mol. The van der Waals surface area contributed by atoms with Crippen LogP contribution in [0.4, 0.5) is 0 Å². The van der Waals surface area contributed by atoms with Gasteiger partial charge in [-0.05, 0) is 12.2 Å². The molecule has 0 saturated carbocycles. The number of carbonyl (C=O) groups excluding carboxylic acids is 1. The van der Waals surface area contributed by atoms with Gasteiger partial charge in [0, 0.05) is 6.08 Å². The number of hydrogen-bond donors (Lipinski definition) is 0. The van der Waals surface area contributed by atoms with Crippen molar-refractivity contribution in [2.45, 2.75) is 0 Å². The van der Waals surface area contributed by atoms with Crippen molar-refractivity contribution in [3.8, 4) is 0 Å². The van der Waals surface area contributed by atoms with Gasteiger partial charge in [0.25, 0.3) is 0 Å². The number of carbonyl (C=O) groups is 1. The molecular weight excluding hydrogens is 116 g/mol. The van der Waals surface area contributed by atoms with E-state index in [4.69, 9.17) is 4.74 Å². The molecule has 0 saturated heterocycles. The summed E-state index contributed by atoms with van der Waals surface area (Å²) < 4.78 is 4.88. The molecule has 0 aromatic heterocycles. The molecule has 0 radical (unpaired) electrons. The Morgan fingerprint density at radius 1 is 1.44 bits per heavy atom. The van der Waals surface area contributed by atoms with Crippen LogP contribution in [0.1, 0.15) is 0 Å². The van der Waals surface area contributed by atoms with Crippen molar-refractivity contribution in [3.63, 3.8) is 0 Å². The highest BCUT2D eigenvalue weighted by Gasteiger charge is 1.90. The molecule has 2 nitrogen and oxygen atoms in total. The van der Waals surface area contributed by atoms with Crippen molar-refractivity contribution < 1.29 is 9.53 Å². The van der Waals surface area contributed by atoms with Crippen molar-refractivity contribution >= 4 is 6.29 Å². The van der Waals surface area contributed by atoms with E-state index in [1.807, 2.05) is 0 Å². The van der Waals surface area contributed by atoms with Crippen LogP contribution >= 0.6 is 0 Å². The Hall–Kier alpha value is -1.31. The van der Waals surface area contributed by atoms with E-state index in [0.29, 0.717) is 12.0 Å². The van der Waals surface area contributed by atoms with Crippen LogP contribution in [0.2, 0.25) is 0 Å². The zero-order valence-electron chi connectivity index (χ0n) is 4.78. The van der Waals surface area contributed by atoms with Crippen LogP contribution in [-0.4, -0.2) is 6.29 Å². The van der Waals surface area contributed by atoms with Crippen LogP contribution < -0.4 is 0 Å². The largest absolute Gasteiger partial charge is 0.465 e. The summed E-state index contributed by atoms with van der Waals surface area (Å²) >= 11 is 0. The van der Waals surface area contributed by atoms with Gasteiger partial charge in [0.15, 0.2) is 0 Å². The third-order valence-electron chi connectivity index (χ3n) is 0.887. The van der Waals surface area contributed by atoms with Gasteiger partial charge < -0.3 is 4.74 Å². The third-order valence-corrected chi connectivity index (χ3v) is 0.887. The molecule has 1 aliphatic heterocycles. The van der Waals surface area contributed by atoms with Crippen LogP contribution in [0.3, 0.4) is 0 Å². The first-order valence-electron chi connectivity index (χ1n) is 2.59. The molecule has 1 heterocycles. The molecular formula is C7H6O2. The maximum absolute atomic E-state index is 9.86. The first-order chi connectivity index (χ1) is 4.43. The van der Waals surface area contributed by atoms with E-state index in [9.17, 15) is 4.79 Å². The van der Waals surface area contributed by atoms with Crippen LogP contribution in [0, 0.1) is 0 Å². The lowest BCUT2D eigenvalue weighted by Crippen LogP contribution is -1.84. The lowest BCUT2D eigenvalue weighted by molar-refractivity contribution is -0.104. The molecule has 0 aromatic rings. The van der Waals surface area contributed by atoms with Gasteiger partial charge in [-0.15, -0.1) is 0 Å². The van der Waals surface area contributed by atoms with Gasteiger partial charge >= 0.3 is 0 Å². The number of ether oxygens (including phenoxy) is 1. The summed E-state index contributed by atoms with van der Waals surface area (Å²) in [4.78, 5) is 9.86. The Morgan fingerprint density at radius 3 is 2.89 bits per heavy atom. The van der Waals surface area contributed by atoms with Crippen molar-refractivity contribution in [1.82, 2.24) is 0 Å². The summed E-state index contributed by atoms with van der Waals surface area (Å²) in [7, 11) is 0. The molecule has 0 aliphatic carbocycles. The van der Waals surface area contributed by atoms with Crippen LogP contribution in [0.5, 0.6) is 0 Å². The molecule has 0 aromatic carbocycles. The van der Waals surface area contributed by atoms with Gasteiger partial charge in [-0.25, -0.2) is 0 Å². The highest BCUT2D eigenvalue weighted by Crippen LogP contribution is 2.03. The quantitative estimate of drug-likeness (QED) is 0.385. The Kier molecular flexibility index (Phi) is 1.85. The Balaban J connectivity index is 2.65. The fourth-order valence-electron chi connectivity index (χ4n) is 0.515. The predicted molar refractivity (Wildman–Crippen MR) is 33.5 cm³/mol. The maximum Gasteiger partial charge on any atom is 0.146 e.